The van der Waals surface area contributed by atoms with Crippen molar-refractivity contribution < 1.29 is 0 Å². The highest BCUT2D eigenvalue weighted by molar-refractivity contribution is 4.94. The Balaban J connectivity index is 1.45. The Kier molecular flexibility index (Phi) is 5.40. The van der Waals surface area contributed by atoms with Crippen LogP contribution >= 0.6 is 0 Å². The van der Waals surface area contributed by atoms with E-state index in [9.17, 15) is 0 Å². The standard InChI is InChI=1S/C20H39N3/c1-5-21-12-10-20(11-13-21)8-6-18(7-9-20)22-14-16-23(17-15-22)19(2,3)4/h18H,5-17H2,1-4H3. The van der Waals surface area contributed by atoms with Crippen LogP contribution in [0.3, 0.4) is 0 Å². The molecule has 0 aromatic carbocycles. The summed E-state index contributed by atoms with van der Waals surface area (Å²) in [5.74, 6) is 0. The molecule has 0 amide bonds. The first-order chi connectivity index (χ1) is 10.9. The number of hydrogen-bond acceptors (Lipinski definition) is 3. The average molecular weight is 322 g/mol. The van der Waals surface area contributed by atoms with Gasteiger partial charge in [-0.25, -0.2) is 0 Å². The Bertz CT molecular complexity index is 361. The van der Waals surface area contributed by atoms with Crippen molar-refractivity contribution in [1.29, 1.82) is 0 Å². The summed E-state index contributed by atoms with van der Waals surface area (Å²) in [5.41, 5.74) is 1.06. The van der Waals surface area contributed by atoms with E-state index < -0.39 is 0 Å². The third kappa shape index (κ3) is 4.11. The zero-order valence-corrected chi connectivity index (χ0v) is 16.1. The number of hydrogen-bond donors (Lipinski definition) is 0. The zero-order valence-electron chi connectivity index (χ0n) is 16.1. The summed E-state index contributed by atoms with van der Waals surface area (Å²) in [7, 11) is 0. The third-order valence-electron chi connectivity index (χ3n) is 7.16. The molecule has 0 atom stereocenters. The SMILES string of the molecule is CCN1CCC2(CCC(N3CCN(C(C)(C)C)CC3)CC2)CC1. The minimum atomic E-state index is 0.343. The van der Waals surface area contributed by atoms with Gasteiger partial charge in [0, 0.05) is 37.8 Å². The van der Waals surface area contributed by atoms with Crippen LogP contribution in [-0.4, -0.2) is 72.1 Å². The number of nitrogens with zero attached hydrogens (tertiary/aromatic N) is 3. The van der Waals surface area contributed by atoms with Crippen molar-refractivity contribution >= 4 is 0 Å². The molecule has 0 unspecified atom stereocenters. The Hall–Kier alpha value is -0.120. The maximum absolute atomic E-state index is 2.82. The van der Waals surface area contributed by atoms with Crippen molar-refractivity contribution in [2.45, 2.75) is 77.8 Å². The molecule has 3 nitrogen and oxygen atoms in total. The van der Waals surface area contributed by atoms with Gasteiger partial charge < -0.3 is 4.90 Å². The summed E-state index contributed by atoms with van der Waals surface area (Å²) in [6.45, 7) is 18.4. The van der Waals surface area contributed by atoms with E-state index in [0.29, 0.717) is 5.54 Å². The van der Waals surface area contributed by atoms with Crippen molar-refractivity contribution in [3.8, 4) is 0 Å². The van der Waals surface area contributed by atoms with Gasteiger partial charge in [-0.05, 0) is 84.3 Å². The minimum Gasteiger partial charge on any atom is -0.304 e. The molecule has 2 aliphatic heterocycles. The van der Waals surface area contributed by atoms with Gasteiger partial charge in [-0.2, -0.15) is 0 Å². The van der Waals surface area contributed by atoms with Gasteiger partial charge in [0.05, 0.1) is 0 Å². The molecule has 0 radical (unpaired) electrons. The number of piperidine rings is 1. The molecule has 23 heavy (non-hydrogen) atoms. The Morgan fingerprint density at radius 1 is 0.826 bits per heavy atom. The molecule has 1 saturated carbocycles. The fourth-order valence-electron chi connectivity index (χ4n) is 5.18. The van der Waals surface area contributed by atoms with Crippen molar-refractivity contribution in [2.24, 2.45) is 5.41 Å². The summed E-state index contributed by atoms with van der Waals surface area (Å²) < 4.78 is 0. The lowest BCUT2D eigenvalue weighted by molar-refractivity contribution is 0.00178. The Labute approximate surface area is 144 Å². The number of likely N-dealkylation sites (tertiary alicyclic amines) is 1. The normalized spacial score (nSPS) is 29.2. The van der Waals surface area contributed by atoms with Crippen LogP contribution in [0.25, 0.3) is 0 Å². The summed E-state index contributed by atoms with van der Waals surface area (Å²) in [6.07, 6.45) is 8.84. The fraction of sp³-hybridized carbons (Fsp3) is 1.00. The van der Waals surface area contributed by atoms with Crippen molar-refractivity contribution in [3.05, 3.63) is 0 Å². The second-order valence-electron chi connectivity index (χ2n) is 9.36. The molecular formula is C20H39N3. The van der Waals surface area contributed by atoms with E-state index >= 15 is 0 Å². The average Bonchev–Trinajstić information content (AvgIpc) is 2.56. The first kappa shape index (κ1) is 17.7. The fourth-order valence-corrected chi connectivity index (χ4v) is 5.18. The lowest BCUT2D eigenvalue weighted by atomic mass is 9.66. The van der Waals surface area contributed by atoms with Gasteiger partial charge in [0.25, 0.3) is 0 Å². The van der Waals surface area contributed by atoms with Crippen molar-refractivity contribution in [2.75, 3.05) is 45.8 Å². The van der Waals surface area contributed by atoms with Gasteiger partial charge in [0.2, 0.25) is 0 Å². The van der Waals surface area contributed by atoms with Crippen LogP contribution in [0, 0.1) is 5.41 Å². The predicted octanol–water partition coefficient (Wildman–Crippen LogP) is 3.45. The van der Waals surface area contributed by atoms with Gasteiger partial charge >= 0.3 is 0 Å². The molecule has 0 aromatic rings. The molecule has 1 spiro atoms. The second kappa shape index (κ2) is 7.01. The number of rotatable bonds is 2. The molecule has 1 aliphatic carbocycles. The molecule has 0 bridgehead atoms. The summed E-state index contributed by atoms with van der Waals surface area (Å²) in [5, 5.41) is 0. The van der Waals surface area contributed by atoms with E-state index in [4.69, 9.17) is 0 Å². The van der Waals surface area contributed by atoms with Crippen molar-refractivity contribution in [3.63, 3.8) is 0 Å². The van der Waals surface area contributed by atoms with Crippen LogP contribution in [0.5, 0.6) is 0 Å². The molecule has 3 heteroatoms. The molecular weight excluding hydrogens is 282 g/mol. The van der Waals surface area contributed by atoms with Crippen LogP contribution in [0.15, 0.2) is 0 Å². The van der Waals surface area contributed by atoms with Crippen LogP contribution in [0.4, 0.5) is 0 Å². The second-order valence-corrected chi connectivity index (χ2v) is 9.36. The third-order valence-corrected chi connectivity index (χ3v) is 7.16. The van der Waals surface area contributed by atoms with Gasteiger partial charge in [-0.1, -0.05) is 6.92 Å². The lowest BCUT2D eigenvalue weighted by Crippen LogP contribution is -2.56. The van der Waals surface area contributed by atoms with E-state index in [1.807, 2.05) is 0 Å². The van der Waals surface area contributed by atoms with Crippen LogP contribution in [-0.2, 0) is 0 Å². The summed E-state index contributed by atoms with van der Waals surface area (Å²) in [6, 6.07) is 0.881. The molecule has 3 aliphatic rings. The Morgan fingerprint density at radius 3 is 1.87 bits per heavy atom. The highest BCUT2D eigenvalue weighted by Gasteiger charge is 2.39. The van der Waals surface area contributed by atoms with E-state index in [1.54, 1.807) is 0 Å². The van der Waals surface area contributed by atoms with Gasteiger partial charge in [-0.3, -0.25) is 9.80 Å². The first-order valence-corrected chi connectivity index (χ1v) is 10.1. The molecule has 2 saturated heterocycles. The van der Waals surface area contributed by atoms with Crippen LogP contribution in [0.1, 0.15) is 66.2 Å². The molecule has 3 fully saturated rings. The Morgan fingerprint density at radius 2 is 1.39 bits per heavy atom. The maximum Gasteiger partial charge on any atom is 0.0126 e. The minimum absolute atomic E-state index is 0.343. The molecule has 134 valence electrons. The predicted molar refractivity (Wildman–Crippen MR) is 98.9 cm³/mol. The monoisotopic (exact) mass is 321 g/mol. The molecule has 0 aromatic heterocycles. The number of piperazine rings is 1. The highest BCUT2D eigenvalue weighted by atomic mass is 15.3. The maximum atomic E-state index is 2.82. The largest absolute Gasteiger partial charge is 0.304 e. The molecule has 0 N–H and O–H groups in total. The van der Waals surface area contributed by atoms with Crippen molar-refractivity contribution in [1.82, 2.24) is 14.7 Å². The van der Waals surface area contributed by atoms with E-state index in [-0.39, 0.29) is 0 Å². The summed E-state index contributed by atoms with van der Waals surface area (Å²) in [4.78, 5) is 8.12. The quantitative estimate of drug-likeness (QED) is 0.771. The van der Waals surface area contributed by atoms with E-state index in [2.05, 4.69) is 42.4 Å². The van der Waals surface area contributed by atoms with E-state index in [0.717, 1.165) is 11.5 Å². The molecule has 2 heterocycles. The van der Waals surface area contributed by atoms with E-state index in [1.165, 1.54) is 84.3 Å². The van der Waals surface area contributed by atoms with Gasteiger partial charge in [0.15, 0.2) is 0 Å². The zero-order chi connectivity index (χ0) is 16.5. The summed E-state index contributed by atoms with van der Waals surface area (Å²) >= 11 is 0. The van der Waals surface area contributed by atoms with Gasteiger partial charge in [0.1, 0.15) is 0 Å². The lowest BCUT2D eigenvalue weighted by Gasteiger charge is -2.50. The highest BCUT2D eigenvalue weighted by Crippen LogP contribution is 2.45. The van der Waals surface area contributed by atoms with Gasteiger partial charge in [-0.15, -0.1) is 0 Å². The van der Waals surface area contributed by atoms with Crippen LogP contribution < -0.4 is 0 Å². The van der Waals surface area contributed by atoms with Crippen LogP contribution in [0.2, 0.25) is 0 Å². The topological polar surface area (TPSA) is 9.72 Å². The molecule has 3 rings (SSSR count). The first-order valence-electron chi connectivity index (χ1n) is 10.1. The smallest absolute Gasteiger partial charge is 0.0126 e.